The maximum absolute atomic E-state index is 13.2. The molecule has 20 rings (SSSR count). The zero-order chi connectivity index (χ0) is 94.1. The molecule has 15 N–H and O–H groups in total. The minimum absolute atomic E-state index is 0.0146. The van der Waals surface area contributed by atoms with Gasteiger partial charge in [-0.05, 0) is 162 Å². The number of aliphatic imine (C=N–C) groups is 1. The zero-order valence-electron chi connectivity index (χ0n) is 68.6. The van der Waals surface area contributed by atoms with E-state index < -0.39 is 149 Å². The van der Waals surface area contributed by atoms with Crippen molar-refractivity contribution >= 4 is 253 Å². The number of aliphatic hydroxyl groups is 4. The predicted molar refractivity (Wildman–Crippen MR) is 500 cm³/mol. The summed E-state index contributed by atoms with van der Waals surface area (Å²) in [4.78, 5) is 73.1. The van der Waals surface area contributed by atoms with E-state index >= 15 is 0 Å². The summed E-state index contributed by atoms with van der Waals surface area (Å²) in [6.07, 6.45) is 2.19. The molecule has 132 heavy (non-hydrogen) atoms. The number of ketones is 2. The van der Waals surface area contributed by atoms with E-state index in [0.29, 0.717) is 105 Å². The number of amidine groups is 1. The third kappa shape index (κ3) is 20.4. The molecule has 0 spiro atoms. The fourth-order valence-electron chi connectivity index (χ4n) is 15.0. The van der Waals surface area contributed by atoms with Gasteiger partial charge in [0.2, 0.25) is 11.6 Å². The summed E-state index contributed by atoms with van der Waals surface area (Å²) in [5.41, 5.74) is 35.4. The summed E-state index contributed by atoms with van der Waals surface area (Å²) in [5.74, 6) is -0.135. The van der Waals surface area contributed by atoms with E-state index in [-0.39, 0.29) is 79.1 Å². The number of thioether (sulfide) groups is 1. The van der Waals surface area contributed by atoms with Gasteiger partial charge in [-0.1, -0.05) is 46.4 Å². The van der Waals surface area contributed by atoms with Crippen molar-refractivity contribution in [1.82, 2.24) is 63.0 Å². The Bertz CT molecular complexity index is 6350. The molecule has 24 atom stereocenters. The molecule has 14 unspecified atom stereocenters. The van der Waals surface area contributed by atoms with Crippen LogP contribution in [0.2, 0.25) is 0 Å². The van der Waals surface area contributed by atoms with Crippen LogP contribution in [0.1, 0.15) is 36.9 Å². The zero-order valence-corrected chi connectivity index (χ0v) is 83.5. The molecule has 11 aliphatic rings. The summed E-state index contributed by atoms with van der Waals surface area (Å²) in [6.45, 7) is -12.4. The third-order valence-electron chi connectivity index (χ3n) is 21.5. The van der Waals surface area contributed by atoms with Crippen LogP contribution in [0, 0.1) is 14.9 Å². The molecule has 10 fully saturated rings. The number of alkyl halides is 1. The quantitative estimate of drug-likeness (QED) is 0.00725. The highest BCUT2D eigenvalue weighted by molar-refractivity contribution is 9.10. The standard InChI is InChI=1S/C18H17BrN5O7PS.C16H18BrN4O7PS2.C12H14BrN4O5PS.C12H15N4O5PS2.C11H16N3O4PS/c19-18-22-13-11(20)5-6-21-16(13)23(18)17-14(25)15-12(30-17)7-29-32(28,31-15)33-8-9-1-3-10(4-2-9)24(26)27;1-30-29(25)26-5-10-13(28-29)12(24)15(27-10)21-14-11(7(18)2-3-19-14)20-16(21)31-6-9(23)8(22)4-17;1-24-23(19)20-4-6-9(22-23)8(18)11(21-6)17-10-7(16-12(17)13)5(14)2-3-15-10;1-24-22(18)19-4-6-9(21-22)8(17)11(20-6)16-10-7(15-12(16)23)5(13)2-3-14-10;1-7-13-10(12)3-4-14(7)11-5-8-9(17-11)6-16-19(15,18-8)20-2/h1-6,12,14-15,17,25H,7-8H2,(H2,20,21);2-3,10,12-13,15,24H,4-6H2,1H3,(H2,18,19);2-3,6,8-9,11,18H,4H2,1H3,(H2,14,15);2-3,6,8-9,11,17H,4H2,1H3,(H2,13,14)(H,15,23);3-4,8-9,11H,1,5-6H2,2H3,(H2,12,13)/t12-,14?,15?,17-,32?;10-,12?,13?,15-,29?;6-,8?,9?,11-,23?;6-,8?,9?,11-,22?;8?,9-,11-,19?/m11111/s1. The van der Waals surface area contributed by atoms with Crippen molar-refractivity contribution < 1.29 is 127 Å². The molecule has 712 valence electrons. The van der Waals surface area contributed by atoms with E-state index in [4.69, 9.17) is 110 Å². The maximum atomic E-state index is 13.2. The summed E-state index contributed by atoms with van der Waals surface area (Å²) < 4.78 is 154. The number of non-ortho nitro benzene ring substituents is 1. The van der Waals surface area contributed by atoms with Crippen molar-refractivity contribution in [2.45, 2.75) is 134 Å². The monoisotopic (exact) mass is 2250 g/mol. The van der Waals surface area contributed by atoms with E-state index in [1.807, 2.05) is 0 Å². The lowest BCUT2D eigenvalue weighted by Gasteiger charge is -2.31. The fourth-order valence-corrected chi connectivity index (χ4v) is 29.8. The molecule has 0 saturated carbocycles. The number of imidazole rings is 4. The molecule has 63 heteroatoms. The van der Waals surface area contributed by atoms with Gasteiger partial charge in [0.1, 0.15) is 125 Å². The van der Waals surface area contributed by atoms with Crippen molar-refractivity contribution in [1.29, 1.82) is 0 Å². The second-order valence-corrected chi connectivity index (χ2v) is 53.5. The molecule has 0 bridgehead atoms. The third-order valence-corrected chi connectivity index (χ3v) is 41.4. The maximum Gasteiger partial charge on any atom is 0.389 e. The van der Waals surface area contributed by atoms with Gasteiger partial charge in [-0.15, -0.1) is 0 Å². The van der Waals surface area contributed by atoms with Crippen LogP contribution in [0.3, 0.4) is 0 Å². The average Bonchev–Trinajstić information content (AvgIpc) is 1.60. The molecule has 1 aromatic carbocycles. The van der Waals surface area contributed by atoms with Crippen molar-refractivity contribution in [2.75, 3.05) is 92.1 Å². The summed E-state index contributed by atoms with van der Waals surface area (Å²) >= 11 is 21.0. The summed E-state index contributed by atoms with van der Waals surface area (Å²) in [6, 6.07) is 12.4. The molecule has 9 aromatic rings. The minimum Gasteiger partial charge on any atom is -0.397 e. The Balaban J connectivity index is 0.000000122. The van der Waals surface area contributed by atoms with Crippen LogP contribution in [-0.4, -0.2) is 267 Å². The van der Waals surface area contributed by atoms with Gasteiger partial charge < -0.3 is 82.7 Å². The molecule has 19 heterocycles. The highest BCUT2D eigenvalue weighted by atomic mass is 79.9. The lowest BCUT2D eigenvalue weighted by Crippen LogP contribution is -2.38. The number of nitro benzene ring substituents is 1. The number of nitrogens with two attached hydrogens (primary N) is 5. The Morgan fingerprint density at radius 3 is 1.39 bits per heavy atom. The minimum atomic E-state index is -3.62. The number of Topliss-reactive ketones (excluding diaryl/α,β-unsaturated/α-hetero) is 2. The number of carbonyl (C=O) groups excluding carboxylic acids is 2. The van der Waals surface area contributed by atoms with Gasteiger partial charge in [-0.2, -0.15) is 0 Å². The number of hydrogen-bond acceptors (Lipinski definition) is 49. The molecule has 11 aliphatic heterocycles. The van der Waals surface area contributed by atoms with Crippen molar-refractivity contribution in [3.8, 4) is 0 Å². The first-order valence-corrected chi connectivity index (χ1v) is 59.7. The van der Waals surface area contributed by atoms with Crippen LogP contribution < -0.4 is 28.7 Å². The molecule has 10 saturated heterocycles. The lowest BCUT2D eigenvalue weighted by molar-refractivity contribution is -0.384. The Labute approximate surface area is 801 Å². The molecule has 0 radical (unpaired) electrons. The number of fused-ring (bicyclic) bond motifs is 9. The average molecular weight is 2260 g/mol. The molecule has 0 amide bonds. The number of H-pyrrole nitrogens is 1. The van der Waals surface area contributed by atoms with Crippen LogP contribution in [-0.2, 0) is 107 Å². The first kappa shape index (κ1) is 99.5. The number of nitrogens with zero attached hydrogens (tertiary/aromatic N) is 14. The Morgan fingerprint density at radius 2 is 0.947 bits per heavy atom. The molecular formula is C69H80Br3N20O28P5S7. The number of halogens is 3. The van der Waals surface area contributed by atoms with Gasteiger partial charge in [0, 0.05) is 55.3 Å². The van der Waals surface area contributed by atoms with Crippen LogP contribution in [0.4, 0.5) is 28.4 Å². The van der Waals surface area contributed by atoms with Crippen molar-refractivity contribution in [3.05, 3.63) is 128 Å². The topological polar surface area (TPSA) is 653 Å². The molecular weight excluding hydrogens is 2180 g/mol. The number of pyridine rings is 4. The highest BCUT2D eigenvalue weighted by Gasteiger charge is 2.58. The molecule has 0 aliphatic carbocycles. The predicted octanol–water partition coefficient (Wildman–Crippen LogP) is 10.6. The SMILES string of the molecule is C=C1N=C(N)C=CN1[C@H]1CC2OP(=O)(SC)OC[C@H]2O1.CSP1(=O)OC[C@H]2O[C@@H](n3c(=S)[nH]c4c(N)ccnc43)C(O)C2O1.CSP1(=O)OC[C@H]2O[C@@H](n3c(Br)nc4c(N)ccnc43)C(O)C2O1.CSP1(=O)OC[C@H]2O[C@@H](n3c(SCC(=O)C(=O)CBr)nc4c(N)ccnc43)C(O)C2O1.Nc1ccnc2c1nc(Br)n2[C@@H]1O[C@@H]2COP(=O)(SCc3ccc([N+](=O)[O-])cc3)OC2C1O. The molecule has 8 aromatic heterocycles. The number of hydrogen-bond donors (Lipinski definition) is 10. The second-order valence-electron chi connectivity index (χ2n) is 29.5. The lowest BCUT2D eigenvalue weighted by atomic mass is 10.1. The van der Waals surface area contributed by atoms with Crippen molar-refractivity contribution in [2.24, 2.45) is 10.7 Å². The number of nitrogen functional groups attached to an aromatic ring is 4. The highest BCUT2D eigenvalue weighted by Crippen LogP contribution is 2.69. The smallest absolute Gasteiger partial charge is 0.389 e. The number of aromatic amines is 1. The Morgan fingerprint density at radius 1 is 0.545 bits per heavy atom. The van der Waals surface area contributed by atoms with Crippen LogP contribution >= 0.6 is 163 Å². The van der Waals surface area contributed by atoms with Gasteiger partial charge >= 0.3 is 34.0 Å². The number of ether oxygens (including phenoxy) is 5. The number of anilines is 4. The van der Waals surface area contributed by atoms with Crippen LogP contribution in [0.15, 0.2) is 118 Å². The number of benzene rings is 1. The van der Waals surface area contributed by atoms with Crippen LogP contribution in [0.25, 0.3) is 44.7 Å². The van der Waals surface area contributed by atoms with E-state index in [1.54, 1.807) is 105 Å². The van der Waals surface area contributed by atoms with Gasteiger partial charge in [0.05, 0.1) is 71.8 Å². The first-order chi connectivity index (χ1) is 62.9. The van der Waals surface area contributed by atoms with Crippen molar-refractivity contribution in [3.63, 3.8) is 0 Å². The number of rotatable bonds is 18. The number of aliphatic hydroxyl groups excluding tert-OH is 4. The number of nitrogens with one attached hydrogen (secondary N) is 1. The normalized spacial score (nSPS) is 33.8. The second kappa shape index (κ2) is 40.8. The number of nitro groups is 1. The van der Waals surface area contributed by atoms with Gasteiger partial charge in [0.15, 0.2) is 66.9 Å². The van der Waals surface area contributed by atoms with E-state index in [0.717, 1.165) is 68.7 Å². The Hall–Kier alpha value is -5.46. The van der Waals surface area contributed by atoms with Gasteiger partial charge in [-0.3, -0.25) is 83.2 Å². The van der Waals surface area contributed by atoms with E-state index in [1.165, 1.54) is 29.1 Å². The largest absolute Gasteiger partial charge is 0.397 e. The van der Waals surface area contributed by atoms with E-state index in [9.17, 15) is 63.0 Å². The summed E-state index contributed by atoms with van der Waals surface area (Å²) in [7, 11) is 0. The first-order valence-electron chi connectivity index (χ1n) is 38.9. The van der Waals surface area contributed by atoms with E-state index in [2.05, 4.69) is 99.2 Å². The van der Waals surface area contributed by atoms with Crippen LogP contribution in [0.5, 0.6) is 0 Å². The number of carbonyl (C=O) groups is 2. The van der Waals surface area contributed by atoms with Gasteiger partial charge in [-0.25, -0.2) is 62.7 Å². The number of aromatic nitrogens is 12. The Kier molecular flexibility index (Phi) is 30.7. The van der Waals surface area contributed by atoms with Gasteiger partial charge in [0.25, 0.3) is 5.69 Å². The fraction of sp³-hybridized carbons (Fsp3) is 0.464. The molecule has 48 nitrogen and oxygen atoms in total. The summed E-state index contributed by atoms with van der Waals surface area (Å²) in [5, 5.41) is 54.3.